The van der Waals surface area contributed by atoms with Crippen molar-refractivity contribution in [2.75, 3.05) is 12.3 Å². The summed E-state index contributed by atoms with van der Waals surface area (Å²) in [6, 6.07) is 7.85. The molecule has 2 aromatic rings. The van der Waals surface area contributed by atoms with Crippen molar-refractivity contribution < 1.29 is 4.74 Å². The van der Waals surface area contributed by atoms with Crippen LogP contribution in [0.25, 0.3) is 11.3 Å². The molecule has 0 unspecified atom stereocenters. The number of aromatic nitrogens is 2. The maximum Gasteiger partial charge on any atom is 0.131 e. The minimum Gasteiger partial charge on any atom is -0.493 e. The average Bonchev–Trinajstić information content (AvgIpc) is 2.65. The van der Waals surface area contributed by atoms with Gasteiger partial charge in [-0.2, -0.15) is 0 Å². The first kappa shape index (κ1) is 12.5. The molecule has 0 radical (unpaired) electrons. The SMILES string of the molecule is CCOc1ccccc1-c1nc(C)n(CC)c1N. The van der Waals surface area contributed by atoms with Gasteiger partial charge in [-0.05, 0) is 32.9 Å². The molecule has 1 heterocycles. The number of nitrogen functional groups attached to an aromatic ring is 1. The normalized spacial score (nSPS) is 10.6. The first-order valence-electron chi connectivity index (χ1n) is 6.23. The van der Waals surface area contributed by atoms with E-state index >= 15 is 0 Å². The van der Waals surface area contributed by atoms with Gasteiger partial charge in [0.25, 0.3) is 0 Å². The summed E-state index contributed by atoms with van der Waals surface area (Å²) in [6.45, 7) is 7.44. The monoisotopic (exact) mass is 245 g/mol. The number of hydrogen-bond acceptors (Lipinski definition) is 3. The van der Waals surface area contributed by atoms with Gasteiger partial charge in [0, 0.05) is 12.1 Å². The molecule has 0 atom stereocenters. The van der Waals surface area contributed by atoms with Crippen molar-refractivity contribution in [1.29, 1.82) is 0 Å². The average molecular weight is 245 g/mol. The minimum absolute atomic E-state index is 0.629. The van der Waals surface area contributed by atoms with Crippen molar-refractivity contribution in [3.05, 3.63) is 30.1 Å². The van der Waals surface area contributed by atoms with Crippen molar-refractivity contribution in [2.24, 2.45) is 0 Å². The number of aryl methyl sites for hydroxylation is 1. The molecule has 4 heteroatoms. The number of hydrogen-bond donors (Lipinski definition) is 1. The molecular formula is C14H19N3O. The number of imidazole rings is 1. The largest absolute Gasteiger partial charge is 0.493 e. The lowest BCUT2D eigenvalue weighted by Gasteiger charge is -2.09. The van der Waals surface area contributed by atoms with E-state index in [1.807, 2.05) is 42.7 Å². The fourth-order valence-electron chi connectivity index (χ4n) is 2.12. The van der Waals surface area contributed by atoms with Crippen molar-refractivity contribution in [3.63, 3.8) is 0 Å². The Bertz CT molecular complexity index is 546. The molecular weight excluding hydrogens is 226 g/mol. The molecule has 0 aliphatic carbocycles. The maximum atomic E-state index is 6.16. The predicted octanol–water partition coefficient (Wildman–Crippen LogP) is 2.86. The quantitative estimate of drug-likeness (QED) is 0.901. The van der Waals surface area contributed by atoms with E-state index in [9.17, 15) is 0 Å². The van der Waals surface area contributed by atoms with Crippen LogP contribution in [0.4, 0.5) is 5.82 Å². The maximum absolute atomic E-state index is 6.16. The Labute approximate surface area is 107 Å². The molecule has 0 amide bonds. The zero-order chi connectivity index (χ0) is 13.1. The van der Waals surface area contributed by atoms with E-state index in [1.165, 1.54) is 0 Å². The highest BCUT2D eigenvalue weighted by molar-refractivity contribution is 5.76. The summed E-state index contributed by atoms with van der Waals surface area (Å²) in [7, 11) is 0. The Morgan fingerprint density at radius 2 is 2.00 bits per heavy atom. The van der Waals surface area contributed by atoms with E-state index in [0.717, 1.165) is 29.4 Å². The molecule has 0 aliphatic heterocycles. The smallest absolute Gasteiger partial charge is 0.131 e. The van der Waals surface area contributed by atoms with Crippen LogP contribution in [0.2, 0.25) is 0 Å². The molecule has 2 rings (SSSR count). The van der Waals surface area contributed by atoms with Crippen molar-refractivity contribution >= 4 is 5.82 Å². The summed E-state index contributed by atoms with van der Waals surface area (Å²) in [6.07, 6.45) is 0. The number of anilines is 1. The molecule has 2 N–H and O–H groups in total. The van der Waals surface area contributed by atoms with Gasteiger partial charge in [-0.25, -0.2) is 4.98 Å². The van der Waals surface area contributed by atoms with Gasteiger partial charge in [-0.15, -0.1) is 0 Å². The Morgan fingerprint density at radius 3 is 2.61 bits per heavy atom. The molecule has 0 spiro atoms. The van der Waals surface area contributed by atoms with Crippen molar-refractivity contribution in [2.45, 2.75) is 27.3 Å². The lowest BCUT2D eigenvalue weighted by molar-refractivity contribution is 0.341. The number of ether oxygens (including phenoxy) is 1. The van der Waals surface area contributed by atoms with Gasteiger partial charge < -0.3 is 15.0 Å². The van der Waals surface area contributed by atoms with Crippen LogP contribution in [0.3, 0.4) is 0 Å². The second-order valence-corrected chi connectivity index (χ2v) is 4.07. The van der Waals surface area contributed by atoms with Crippen LogP contribution in [-0.2, 0) is 6.54 Å². The van der Waals surface area contributed by atoms with Crippen LogP contribution in [0.5, 0.6) is 5.75 Å². The number of benzene rings is 1. The van der Waals surface area contributed by atoms with Crippen molar-refractivity contribution in [3.8, 4) is 17.0 Å². The summed E-state index contributed by atoms with van der Waals surface area (Å²) in [5, 5.41) is 0. The number of nitrogens with zero attached hydrogens (tertiary/aromatic N) is 2. The topological polar surface area (TPSA) is 53.1 Å². The van der Waals surface area contributed by atoms with Crippen LogP contribution < -0.4 is 10.5 Å². The fourth-order valence-corrected chi connectivity index (χ4v) is 2.12. The Morgan fingerprint density at radius 1 is 1.28 bits per heavy atom. The molecule has 96 valence electrons. The number of para-hydroxylation sites is 1. The van der Waals surface area contributed by atoms with E-state index in [-0.39, 0.29) is 0 Å². The Kier molecular flexibility index (Phi) is 3.55. The third-order valence-corrected chi connectivity index (χ3v) is 2.96. The summed E-state index contributed by atoms with van der Waals surface area (Å²) < 4.78 is 7.62. The van der Waals surface area contributed by atoms with Gasteiger partial charge in [-0.1, -0.05) is 12.1 Å². The summed E-state index contributed by atoms with van der Waals surface area (Å²) in [5.41, 5.74) is 7.91. The lowest BCUT2D eigenvalue weighted by atomic mass is 10.1. The van der Waals surface area contributed by atoms with Crippen LogP contribution in [0.15, 0.2) is 24.3 Å². The highest BCUT2D eigenvalue weighted by Crippen LogP contribution is 2.33. The molecule has 4 nitrogen and oxygen atoms in total. The van der Waals surface area contributed by atoms with Crippen LogP contribution >= 0.6 is 0 Å². The minimum atomic E-state index is 0.629. The second-order valence-electron chi connectivity index (χ2n) is 4.07. The molecule has 0 saturated carbocycles. The summed E-state index contributed by atoms with van der Waals surface area (Å²) in [5.74, 6) is 2.45. The van der Waals surface area contributed by atoms with Gasteiger partial charge in [0.05, 0.1) is 6.61 Å². The van der Waals surface area contributed by atoms with Gasteiger partial charge in [0.1, 0.15) is 23.1 Å². The third kappa shape index (κ3) is 2.06. The second kappa shape index (κ2) is 5.12. The fraction of sp³-hybridized carbons (Fsp3) is 0.357. The van der Waals surface area contributed by atoms with Crippen LogP contribution in [-0.4, -0.2) is 16.2 Å². The summed E-state index contributed by atoms with van der Waals surface area (Å²) >= 11 is 0. The highest BCUT2D eigenvalue weighted by atomic mass is 16.5. The molecule has 0 fully saturated rings. The first-order chi connectivity index (χ1) is 8.69. The van der Waals surface area contributed by atoms with Gasteiger partial charge in [0.2, 0.25) is 0 Å². The van der Waals surface area contributed by atoms with E-state index in [1.54, 1.807) is 0 Å². The van der Waals surface area contributed by atoms with E-state index in [4.69, 9.17) is 10.5 Å². The van der Waals surface area contributed by atoms with Crippen LogP contribution in [0.1, 0.15) is 19.7 Å². The van der Waals surface area contributed by atoms with Gasteiger partial charge >= 0.3 is 0 Å². The highest BCUT2D eigenvalue weighted by Gasteiger charge is 2.15. The Balaban J connectivity index is 2.55. The predicted molar refractivity (Wildman–Crippen MR) is 73.7 cm³/mol. The third-order valence-electron chi connectivity index (χ3n) is 2.96. The number of nitrogens with two attached hydrogens (primary N) is 1. The lowest BCUT2D eigenvalue weighted by Crippen LogP contribution is -2.02. The first-order valence-corrected chi connectivity index (χ1v) is 6.23. The molecule has 0 aliphatic rings. The standard InChI is InChI=1S/C14H19N3O/c1-4-17-10(3)16-13(14(17)15)11-8-6-7-9-12(11)18-5-2/h6-9H,4-5,15H2,1-3H3. The summed E-state index contributed by atoms with van der Waals surface area (Å²) in [4.78, 5) is 4.55. The molecule has 18 heavy (non-hydrogen) atoms. The Hall–Kier alpha value is -1.97. The van der Waals surface area contributed by atoms with Crippen LogP contribution in [0, 0.1) is 6.92 Å². The zero-order valence-electron chi connectivity index (χ0n) is 11.1. The van der Waals surface area contributed by atoms with E-state index in [2.05, 4.69) is 11.9 Å². The van der Waals surface area contributed by atoms with E-state index < -0.39 is 0 Å². The van der Waals surface area contributed by atoms with E-state index in [0.29, 0.717) is 12.4 Å². The molecule has 0 bridgehead atoms. The molecule has 1 aromatic heterocycles. The zero-order valence-corrected chi connectivity index (χ0v) is 11.1. The molecule has 0 saturated heterocycles. The van der Waals surface area contributed by atoms with Gasteiger partial charge in [-0.3, -0.25) is 0 Å². The molecule has 1 aromatic carbocycles. The van der Waals surface area contributed by atoms with Crippen molar-refractivity contribution in [1.82, 2.24) is 9.55 Å². The number of rotatable bonds is 4. The van der Waals surface area contributed by atoms with Gasteiger partial charge in [0.15, 0.2) is 0 Å².